The van der Waals surface area contributed by atoms with E-state index in [4.69, 9.17) is 0 Å². The molecule has 0 saturated heterocycles. The molecule has 0 radical (unpaired) electrons. The second-order valence-corrected chi connectivity index (χ2v) is 6.22. The van der Waals surface area contributed by atoms with E-state index < -0.39 is 28.9 Å². The second kappa shape index (κ2) is 5.75. The Kier molecular flexibility index (Phi) is 3.88. The summed E-state index contributed by atoms with van der Waals surface area (Å²) in [5.74, 6) is -0.787. The molecule has 0 unspecified atom stereocenters. The first-order chi connectivity index (χ1) is 11.2. The highest BCUT2D eigenvalue weighted by Crippen LogP contribution is 2.27. The molecule has 0 atom stereocenters. The smallest absolute Gasteiger partial charge is 0.322 e. The van der Waals surface area contributed by atoms with Crippen molar-refractivity contribution in [1.82, 2.24) is 9.97 Å². The van der Waals surface area contributed by atoms with Gasteiger partial charge in [0.05, 0.1) is 15.2 Å². The molecule has 2 N–H and O–H groups in total. The first kappa shape index (κ1) is 16.2. The molecule has 2 aromatic heterocycles. The van der Waals surface area contributed by atoms with Crippen LogP contribution in [-0.4, -0.2) is 15.9 Å². The summed E-state index contributed by atoms with van der Waals surface area (Å²) >= 11 is 1.44. The Morgan fingerprint density at radius 1 is 1.25 bits per heavy atom. The number of carbonyl (C=O) groups is 1. The Morgan fingerprint density at radius 2 is 2.00 bits per heavy atom. The summed E-state index contributed by atoms with van der Waals surface area (Å²) < 4.78 is 38.4. The summed E-state index contributed by atoms with van der Waals surface area (Å²) in [4.78, 5) is 29.8. The van der Waals surface area contributed by atoms with Crippen LogP contribution in [0.1, 0.15) is 21.1 Å². The maximum absolute atomic E-state index is 12.5. The average Bonchev–Trinajstić information content (AvgIpc) is 2.85. The third-order valence-electron chi connectivity index (χ3n) is 3.21. The van der Waals surface area contributed by atoms with Gasteiger partial charge in [-0.05, 0) is 37.3 Å². The number of thiazole rings is 1. The number of hydrogen-bond donors (Lipinski definition) is 2. The van der Waals surface area contributed by atoms with Crippen LogP contribution in [0.2, 0.25) is 0 Å². The van der Waals surface area contributed by atoms with Crippen molar-refractivity contribution in [3.8, 4) is 0 Å². The number of nitrogens with zero attached hydrogens (tertiary/aromatic N) is 1. The maximum atomic E-state index is 12.5. The van der Waals surface area contributed by atoms with E-state index >= 15 is 0 Å². The van der Waals surface area contributed by atoms with E-state index in [1.807, 2.05) is 6.92 Å². The molecule has 3 aromatic rings. The second-order valence-electron chi connectivity index (χ2n) is 4.98. The van der Waals surface area contributed by atoms with Gasteiger partial charge < -0.3 is 10.3 Å². The number of aryl methyl sites for hydroxylation is 1. The molecule has 0 saturated carbocycles. The quantitative estimate of drug-likeness (QED) is 0.740. The van der Waals surface area contributed by atoms with E-state index in [-0.39, 0.29) is 0 Å². The van der Waals surface area contributed by atoms with Gasteiger partial charge in [-0.25, -0.2) is 4.98 Å². The number of amides is 1. The molecule has 1 amide bonds. The van der Waals surface area contributed by atoms with Crippen LogP contribution in [0, 0.1) is 6.92 Å². The molecular formula is C15H10F3N3O2S. The highest BCUT2D eigenvalue weighted by molar-refractivity contribution is 7.18. The average molecular weight is 353 g/mol. The molecule has 24 heavy (non-hydrogen) atoms. The minimum atomic E-state index is -4.68. The lowest BCUT2D eigenvalue weighted by Gasteiger charge is -2.08. The van der Waals surface area contributed by atoms with Gasteiger partial charge in [-0.15, -0.1) is 11.3 Å². The Labute approximate surface area is 137 Å². The number of H-pyrrole nitrogens is 1. The van der Waals surface area contributed by atoms with Gasteiger partial charge in [0.15, 0.2) is 0 Å². The summed E-state index contributed by atoms with van der Waals surface area (Å²) in [5.41, 5.74) is -1.50. The standard InChI is InChI=1S/C15H10F3N3O2S/c1-7-19-10-4-2-8(6-11(10)24-7)20-13(22)9-3-5-12(15(16,17)18)21-14(9)23/h2-6H,1H3,(H,20,22)(H,21,23). The van der Waals surface area contributed by atoms with Crippen LogP contribution in [0.4, 0.5) is 18.9 Å². The van der Waals surface area contributed by atoms with Crippen molar-refractivity contribution >= 4 is 33.1 Å². The van der Waals surface area contributed by atoms with Crippen molar-refractivity contribution in [2.75, 3.05) is 5.32 Å². The van der Waals surface area contributed by atoms with Crippen LogP contribution in [0.5, 0.6) is 0 Å². The van der Waals surface area contributed by atoms with Crippen LogP contribution >= 0.6 is 11.3 Å². The van der Waals surface area contributed by atoms with Gasteiger partial charge in [-0.1, -0.05) is 0 Å². The fourth-order valence-electron chi connectivity index (χ4n) is 2.13. The minimum Gasteiger partial charge on any atom is -0.322 e. The fraction of sp³-hybridized carbons (Fsp3) is 0.133. The molecule has 5 nitrogen and oxygen atoms in total. The molecule has 2 heterocycles. The molecule has 0 aliphatic carbocycles. The van der Waals surface area contributed by atoms with Gasteiger partial charge in [-0.2, -0.15) is 13.2 Å². The Bertz CT molecular complexity index is 992. The van der Waals surface area contributed by atoms with Crippen molar-refractivity contribution in [2.45, 2.75) is 13.1 Å². The summed E-state index contributed by atoms with van der Waals surface area (Å²) in [5, 5.41) is 3.37. The van der Waals surface area contributed by atoms with Crippen LogP contribution in [0.3, 0.4) is 0 Å². The van der Waals surface area contributed by atoms with E-state index in [0.717, 1.165) is 21.3 Å². The number of hydrogen-bond acceptors (Lipinski definition) is 4. The zero-order chi connectivity index (χ0) is 17.5. The highest BCUT2D eigenvalue weighted by atomic mass is 32.1. The number of fused-ring (bicyclic) bond motifs is 1. The number of pyridine rings is 1. The number of alkyl halides is 3. The van der Waals surface area contributed by atoms with Gasteiger partial charge in [0, 0.05) is 5.69 Å². The third-order valence-corrected chi connectivity index (χ3v) is 4.15. The molecule has 1 aromatic carbocycles. The number of carbonyl (C=O) groups excluding carboxylic acids is 1. The molecule has 124 valence electrons. The Morgan fingerprint density at radius 3 is 2.67 bits per heavy atom. The lowest BCUT2D eigenvalue weighted by Crippen LogP contribution is -2.25. The Hall–Kier alpha value is -2.68. The largest absolute Gasteiger partial charge is 0.431 e. The number of benzene rings is 1. The lowest BCUT2D eigenvalue weighted by molar-refractivity contribution is -0.141. The topological polar surface area (TPSA) is 74.8 Å². The first-order valence-corrected chi connectivity index (χ1v) is 7.55. The summed E-state index contributed by atoms with van der Waals surface area (Å²) in [7, 11) is 0. The number of halogens is 3. The van der Waals surface area contributed by atoms with Crippen molar-refractivity contribution in [2.24, 2.45) is 0 Å². The predicted octanol–water partition coefficient (Wildman–Crippen LogP) is 3.56. The summed E-state index contributed by atoms with van der Waals surface area (Å²) in [6, 6.07) is 6.53. The highest BCUT2D eigenvalue weighted by Gasteiger charge is 2.32. The monoisotopic (exact) mass is 353 g/mol. The van der Waals surface area contributed by atoms with Gasteiger partial charge in [0.25, 0.3) is 11.5 Å². The van der Waals surface area contributed by atoms with Crippen molar-refractivity contribution < 1.29 is 18.0 Å². The van der Waals surface area contributed by atoms with Crippen molar-refractivity contribution in [1.29, 1.82) is 0 Å². The Balaban J connectivity index is 1.87. The van der Waals surface area contributed by atoms with E-state index in [9.17, 15) is 22.8 Å². The van der Waals surface area contributed by atoms with E-state index in [1.54, 1.807) is 23.2 Å². The van der Waals surface area contributed by atoms with E-state index in [0.29, 0.717) is 11.8 Å². The molecule has 9 heteroatoms. The number of nitrogens with one attached hydrogen (secondary N) is 2. The molecule has 0 fully saturated rings. The molecule has 0 bridgehead atoms. The predicted molar refractivity (Wildman–Crippen MR) is 84.4 cm³/mol. The number of aromatic amines is 1. The fourth-order valence-corrected chi connectivity index (χ4v) is 3.00. The van der Waals surface area contributed by atoms with Crippen LogP contribution < -0.4 is 10.9 Å². The maximum Gasteiger partial charge on any atom is 0.431 e. The summed E-state index contributed by atoms with van der Waals surface area (Å²) in [6.07, 6.45) is -4.68. The first-order valence-electron chi connectivity index (χ1n) is 6.73. The van der Waals surface area contributed by atoms with E-state index in [2.05, 4.69) is 10.3 Å². The molecule has 0 aliphatic heterocycles. The molecular weight excluding hydrogens is 343 g/mol. The minimum absolute atomic E-state index is 0.399. The molecule has 3 rings (SSSR count). The van der Waals surface area contributed by atoms with Gasteiger partial charge >= 0.3 is 6.18 Å². The molecule has 0 spiro atoms. The van der Waals surface area contributed by atoms with Crippen molar-refractivity contribution in [3.63, 3.8) is 0 Å². The van der Waals surface area contributed by atoms with E-state index in [1.165, 1.54) is 11.3 Å². The van der Waals surface area contributed by atoms with Gasteiger partial charge in [0.1, 0.15) is 11.3 Å². The van der Waals surface area contributed by atoms with Crippen LogP contribution in [-0.2, 0) is 6.18 Å². The normalized spacial score (nSPS) is 11.7. The number of aromatic nitrogens is 2. The van der Waals surface area contributed by atoms with Crippen LogP contribution in [0.15, 0.2) is 35.1 Å². The van der Waals surface area contributed by atoms with Crippen LogP contribution in [0.25, 0.3) is 10.2 Å². The zero-order valence-corrected chi connectivity index (χ0v) is 13.0. The van der Waals surface area contributed by atoms with Gasteiger partial charge in [-0.3, -0.25) is 9.59 Å². The number of anilines is 1. The van der Waals surface area contributed by atoms with Crippen molar-refractivity contribution in [3.05, 3.63) is 57.0 Å². The number of rotatable bonds is 2. The summed E-state index contributed by atoms with van der Waals surface area (Å²) in [6.45, 7) is 1.85. The third kappa shape index (κ3) is 3.16. The molecule has 0 aliphatic rings. The zero-order valence-electron chi connectivity index (χ0n) is 12.2. The van der Waals surface area contributed by atoms with Gasteiger partial charge in [0.2, 0.25) is 0 Å². The SMILES string of the molecule is Cc1nc2ccc(NC(=O)c3ccc(C(F)(F)F)[nH]c3=O)cc2s1. The lowest BCUT2D eigenvalue weighted by atomic mass is 10.2.